The van der Waals surface area contributed by atoms with Crippen LogP contribution in [0.4, 0.5) is 9.18 Å². The molecule has 0 radical (unpaired) electrons. The average Bonchev–Trinajstić information content (AvgIpc) is 3.00. The Morgan fingerprint density at radius 2 is 1.94 bits per heavy atom. The standard InChI is InChI=1S/C25H34FN3O2/c1-19(2)18-31-24-10-6-20(7-11-24)16-27-25(30)29(23-12-14-28(3)15-13-23)17-21-4-8-22(26)9-5-21/h4-11,19,23H,12-18H2,1-3H3,(H,27,30)/i1D3,2D3,4D,5D,6D,7D,8D,9D,10D,11D,14D2,15D2,16D2,18D2,19D. The number of piperidine rings is 1. The van der Waals surface area contributed by atoms with Crippen LogP contribution >= 0.6 is 0 Å². The minimum atomic E-state index is -4.07. The zero-order chi connectivity index (χ0) is 42.3. The predicted octanol–water partition coefficient (Wildman–Crippen LogP) is 4.67. The number of halogens is 1. The third-order valence-corrected chi connectivity index (χ3v) is 3.96. The van der Waals surface area contributed by atoms with Crippen LogP contribution in [0, 0.1) is 11.7 Å². The summed E-state index contributed by atoms with van der Waals surface area (Å²) in [7, 11) is 1.11. The number of urea groups is 1. The van der Waals surface area contributed by atoms with Crippen molar-refractivity contribution in [2.24, 2.45) is 5.89 Å². The van der Waals surface area contributed by atoms with Gasteiger partial charge in [-0.3, -0.25) is 0 Å². The first kappa shape index (κ1) is 7.48. The van der Waals surface area contributed by atoms with Crippen LogP contribution < -0.4 is 10.1 Å². The van der Waals surface area contributed by atoms with Crippen molar-refractivity contribution < 1.29 is 45.4 Å². The second-order valence-electron chi connectivity index (χ2n) is 6.20. The molecule has 1 N–H and O–H groups in total. The molecule has 0 aromatic heterocycles. The van der Waals surface area contributed by atoms with Gasteiger partial charge in [0.05, 0.1) is 23.0 Å². The van der Waals surface area contributed by atoms with Gasteiger partial charge in [0.15, 0.2) is 0 Å². The van der Waals surface area contributed by atoms with Crippen molar-refractivity contribution in [2.75, 3.05) is 26.6 Å². The van der Waals surface area contributed by atoms with Crippen molar-refractivity contribution in [1.82, 2.24) is 15.1 Å². The molecule has 2 aromatic carbocycles. The summed E-state index contributed by atoms with van der Waals surface area (Å²) in [6, 6.07) is -12.9. The second-order valence-corrected chi connectivity index (χ2v) is 6.20. The molecule has 0 saturated carbocycles. The van der Waals surface area contributed by atoms with Gasteiger partial charge >= 0.3 is 6.03 Å². The van der Waals surface area contributed by atoms with E-state index in [-0.39, 0.29) is 0 Å². The predicted molar refractivity (Wildman–Crippen MR) is 121 cm³/mol. The molecule has 6 heteroatoms. The van der Waals surface area contributed by atoms with Crippen LogP contribution in [0.2, 0.25) is 0 Å². The fourth-order valence-corrected chi connectivity index (χ4v) is 2.48. The molecule has 5 nitrogen and oxygen atoms in total. The lowest BCUT2D eigenvalue weighted by Crippen LogP contribution is -2.49. The Kier molecular flexibility index (Phi) is 2.69. The second kappa shape index (κ2) is 11.1. The number of likely N-dealkylation sites (tertiary alicyclic amines) is 1. The highest BCUT2D eigenvalue weighted by molar-refractivity contribution is 5.74. The summed E-state index contributed by atoms with van der Waals surface area (Å²) < 4.78 is 205. The van der Waals surface area contributed by atoms with E-state index in [2.05, 4.69) is 0 Å². The van der Waals surface area contributed by atoms with Crippen LogP contribution in [0.15, 0.2) is 48.3 Å². The van der Waals surface area contributed by atoms with E-state index in [0.29, 0.717) is 4.90 Å². The van der Waals surface area contributed by atoms with Gasteiger partial charge in [0.1, 0.15) is 11.6 Å². The highest BCUT2D eigenvalue weighted by atomic mass is 19.1. The molecule has 1 aliphatic rings. The highest BCUT2D eigenvalue weighted by Gasteiger charge is 2.27. The lowest BCUT2D eigenvalue weighted by molar-refractivity contribution is 0.127. The Morgan fingerprint density at radius 1 is 1.29 bits per heavy atom. The Hall–Kier alpha value is -2.60. The van der Waals surface area contributed by atoms with Gasteiger partial charge < -0.3 is 19.9 Å². The number of hydrogen-bond donors (Lipinski definition) is 1. The maximum absolute atomic E-state index is 14.3. The van der Waals surface area contributed by atoms with Crippen molar-refractivity contribution in [3.8, 4) is 5.75 Å². The molecule has 168 valence electrons. The molecule has 0 atom stereocenters. The molecule has 2 amide bonds. The van der Waals surface area contributed by atoms with E-state index in [1.807, 2.05) is 0 Å². The van der Waals surface area contributed by atoms with Gasteiger partial charge in [-0.25, -0.2) is 9.18 Å². The van der Waals surface area contributed by atoms with Crippen LogP contribution in [-0.2, 0) is 13.0 Å². The quantitative estimate of drug-likeness (QED) is 0.636. The first-order valence-electron chi connectivity index (χ1n) is 20.4. The van der Waals surface area contributed by atoms with Gasteiger partial charge in [-0.1, -0.05) is 37.9 Å². The van der Waals surface area contributed by atoms with Gasteiger partial charge in [-0.2, -0.15) is 0 Å². The first-order valence-corrected chi connectivity index (χ1v) is 8.87. The molecule has 0 spiro atoms. The molecule has 0 aliphatic carbocycles. The lowest BCUT2D eigenvalue weighted by Gasteiger charge is -2.37. The van der Waals surface area contributed by atoms with Crippen molar-refractivity contribution in [1.29, 1.82) is 0 Å². The maximum Gasteiger partial charge on any atom is 0.318 e. The average molecular weight is 451 g/mol. The summed E-state index contributed by atoms with van der Waals surface area (Å²) in [6.45, 7) is -21.4. The minimum Gasteiger partial charge on any atom is -0.493 e. The zero-order valence-electron chi connectivity index (χ0n) is 39.3. The largest absolute Gasteiger partial charge is 0.493 e. The molecule has 1 fully saturated rings. The number of nitrogens with zero attached hydrogens (tertiary/aromatic N) is 2. The van der Waals surface area contributed by atoms with E-state index in [9.17, 15) is 9.18 Å². The molecule has 1 aliphatic heterocycles. The number of amides is 2. The summed E-state index contributed by atoms with van der Waals surface area (Å²) in [5, 5.41) is 1.77. The van der Waals surface area contributed by atoms with Gasteiger partial charge in [-0.05, 0) is 74.1 Å². The minimum absolute atomic E-state index is 0.544. The number of carbonyl (C=O) groups excluding carboxylic acids is 1. The summed E-state index contributed by atoms with van der Waals surface area (Å²) >= 11 is 0. The summed E-state index contributed by atoms with van der Waals surface area (Å²) in [6.07, 6.45) is -1.36. The Bertz CT molecular complexity index is 1720. The third kappa shape index (κ3) is 7.24. The number of nitrogens with one attached hydrogen (secondary N) is 1. The Labute approximate surface area is 217 Å². The Morgan fingerprint density at radius 3 is 2.58 bits per heavy atom. The van der Waals surface area contributed by atoms with Crippen molar-refractivity contribution in [3.05, 3.63) is 65.3 Å². The monoisotopic (exact) mass is 450 g/mol. The SMILES string of the molecule is [2H]c1c([2H])c(CN(C(=O)NC([2H])([2H])c2c([2H])c([2H])c(OC([2H])([2H])C([2H])(C([2H])([2H])[2H])C([2H])([2H])[2H])c([2H])c2[2H])C2CC([2H])([2H])N(C)C([2H])([2H])C2)c([2H])c([2H])c1F. The molecule has 31 heavy (non-hydrogen) atoms. The van der Waals surface area contributed by atoms with Gasteiger partial charge in [-0.15, -0.1) is 0 Å². The van der Waals surface area contributed by atoms with E-state index < -0.39 is 148 Å². The summed E-state index contributed by atoms with van der Waals surface area (Å²) in [4.78, 5) is 15.2. The van der Waals surface area contributed by atoms with Crippen molar-refractivity contribution in [2.45, 2.75) is 45.6 Å². The maximum atomic E-state index is 14.3. The van der Waals surface area contributed by atoms with Gasteiger partial charge in [0, 0.05) is 34.2 Å². The fraction of sp³-hybridized carbons (Fsp3) is 0.480. The van der Waals surface area contributed by atoms with E-state index in [1.165, 1.54) is 0 Å². The topological polar surface area (TPSA) is 44.8 Å². The zero-order valence-corrected chi connectivity index (χ0v) is 16.3. The fourth-order valence-electron chi connectivity index (χ4n) is 2.48. The van der Waals surface area contributed by atoms with Crippen molar-refractivity contribution >= 4 is 6.03 Å². The van der Waals surface area contributed by atoms with Gasteiger partial charge in [0.25, 0.3) is 0 Å². The highest BCUT2D eigenvalue weighted by Crippen LogP contribution is 2.19. The van der Waals surface area contributed by atoms with E-state index >= 15 is 0 Å². The summed E-state index contributed by atoms with van der Waals surface area (Å²) in [5.74, 6) is -7.03. The van der Waals surface area contributed by atoms with E-state index in [0.717, 1.165) is 11.9 Å². The smallest absolute Gasteiger partial charge is 0.318 e. The molecule has 0 unspecified atom stereocenters. The summed E-state index contributed by atoms with van der Waals surface area (Å²) in [5.41, 5.74) is -1.90. The molecule has 1 heterocycles. The van der Waals surface area contributed by atoms with Crippen LogP contribution in [0.1, 0.15) is 69.2 Å². The number of rotatable bonds is 8. The van der Waals surface area contributed by atoms with Crippen LogP contribution in [-0.4, -0.2) is 48.5 Å². The van der Waals surface area contributed by atoms with Crippen LogP contribution in [0.5, 0.6) is 5.75 Å². The lowest BCUT2D eigenvalue weighted by atomic mass is 10.0. The number of carbonyl (C=O) groups is 1. The third-order valence-electron chi connectivity index (χ3n) is 3.96. The molecular weight excluding hydrogens is 393 g/mol. The number of benzene rings is 2. The first-order chi connectivity index (χ1) is 24.0. The van der Waals surface area contributed by atoms with E-state index in [4.69, 9.17) is 36.3 Å². The number of ether oxygens (including phenoxy) is 1. The molecule has 2 aromatic rings. The van der Waals surface area contributed by atoms with E-state index in [1.54, 1.807) is 5.32 Å². The Balaban J connectivity index is 2.18. The van der Waals surface area contributed by atoms with Crippen LogP contribution in [0.25, 0.3) is 0 Å². The number of hydrogen-bond acceptors (Lipinski definition) is 3. The molecule has 3 rings (SSSR count). The van der Waals surface area contributed by atoms with Crippen LogP contribution in [0.3, 0.4) is 0 Å². The molecule has 0 bridgehead atoms. The van der Waals surface area contributed by atoms with Crippen molar-refractivity contribution in [3.63, 3.8) is 0 Å². The molecule has 1 saturated heterocycles. The normalized spacial score (nSPS) is 31.2. The van der Waals surface area contributed by atoms with Gasteiger partial charge in [0.2, 0.25) is 0 Å². The molecular formula is C25H34FN3O2.